The van der Waals surface area contributed by atoms with E-state index < -0.39 is 0 Å². The van der Waals surface area contributed by atoms with Gasteiger partial charge in [0.05, 0.1) is 6.61 Å². The van der Waals surface area contributed by atoms with Gasteiger partial charge in [0.15, 0.2) is 11.5 Å². The van der Waals surface area contributed by atoms with Gasteiger partial charge in [-0.25, -0.2) is 0 Å². The summed E-state index contributed by atoms with van der Waals surface area (Å²) in [6.07, 6.45) is 3.31. The maximum atomic E-state index is 6.23. The van der Waals surface area contributed by atoms with E-state index >= 15 is 0 Å². The molecule has 0 radical (unpaired) electrons. The molecule has 2 aromatic rings. The molecule has 0 spiro atoms. The van der Waals surface area contributed by atoms with Crippen molar-refractivity contribution in [3.05, 3.63) is 57.6 Å². The average molecular weight is 477 g/mol. The first-order chi connectivity index (χ1) is 14.1. The monoisotopic (exact) mass is 475 g/mol. The molecule has 0 bridgehead atoms. The highest BCUT2D eigenvalue weighted by Crippen LogP contribution is 2.30. The van der Waals surface area contributed by atoms with Crippen molar-refractivity contribution in [3.8, 4) is 11.5 Å². The Labute approximate surface area is 196 Å². The second-order valence-electron chi connectivity index (χ2n) is 6.73. The summed E-state index contributed by atoms with van der Waals surface area (Å²) in [6.45, 7) is 8.42. The molecule has 0 aromatic heterocycles. The third-order valence-corrected chi connectivity index (χ3v) is 4.91. The minimum atomic E-state index is 0. The lowest BCUT2D eigenvalue weighted by molar-refractivity contribution is 0.129. The number of benzene rings is 2. The molecule has 2 rings (SSSR count). The minimum Gasteiger partial charge on any atom is -0.490 e. The molecular weight excluding hydrogens is 445 g/mol. The summed E-state index contributed by atoms with van der Waals surface area (Å²) in [5, 5.41) is 4.65. The standard InChI is InChI=1S/C23H31Cl2NO3.ClH/c1-3-5-12-27-13-6-11-26-16-18-7-10-22(23(14-18)28-4-2)29-17-19-8-9-20(24)15-21(19)25;/h7-10,14-15,26H,3-6,11-13,16-17H2,1-2H3;1H. The van der Waals surface area contributed by atoms with E-state index in [0.29, 0.717) is 29.0 Å². The van der Waals surface area contributed by atoms with Crippen LogP contribution in [0.5, 0.6) is 11.5 Å². The summed E-state index contributed by atoms with van der Waals surface area (Å²) in [6, 6.07) is 11.4. The maximum Gasteiger partial charge on any atom is 0.161 e. The number of unbranched alkanes of at least 4 members (excludes halogenated alkanes) is 1. The summed E-state index contributed by atoms with van der Waals surface area (Å²) in [5.41, 5.74) is 2.03. The van der Waals surface area contributed by atoms with Gasteiger partial charge < -0.3 is 19.5 Å². The van der Waals surface area contributed by atoms with E-state index in [2.05, 4.69) is 12.2 Å². The highest BCUT2D eigenvalue weighted by Gasteiger charge is 2.09. The molecule has 7 heteroatoms. The molecule has 0 saturated heterocycles. The summed E-state index contributed by atoms with van der Waals surface area (Å²) in [4.78, 5) is 0. The van der Waals surface area contributed by atoms with E-state index in [4.69, 9.17) is 37.4 Å². The third kappa shape index (κ3) is 9.76. The summed E-state index contributed by atoms with van der Waals surface area (Å²) in [7, 11) is 0. The van der Waals surface area contributed by atoms with Crippen molar-refractivity contribution in [2.24, 2.45) is 0 Å². The molecule has 4 nitrogen and oxygen atoms in total. The van der Waals surface area contributed by atoms with Crippen LogP contribution in [0.2, 0.25) is 10.0 Å². The molecule has 0 fully saturated rings. The van der Waals surface area contributed by atoms with Gasteiger partial charge in [-0.2, -0.15) is 0 Å². The molecule has 0 amide bonds. The van der Waals surface area contributed by atoms with Crippen LogP contribution in [0.3, 0.4) is 0 Å². The lowest BCUT2D eigenvalue weighted by Gasteiger charge is -2.14. The highest BCUT2D eigenvalue weighted by molar-refractivity contribution is 6.35. The number of nitrogens with one attached hydrogen (secondary N) is 1. The smallest absolute Gasteiger partial charge is 0.161 e. The molecule has 0 atom stereocenters. The van der Waals surface area contributed by atoms with Crippen LogP contribution in [0, 0.1) is 0 Å². The lowest BCUT2D eigenvalue weighted by Crippen LogP contribution is -2.16. The van der Waals surface area contributed by atoms with Crippen LogP contribution >= 0.6 is 35.6 Å². The average Bonchev–Trinajstić information content (AvgIpc) is 2.70. The summed E-state index contributed by atoms with van der Waals surface area (Å²) >= 11 is 12.2. The predicted octanol–water partition coefficient (Wildman–Crippen LogP) is 6.69. The fourth-order valence-electron chi connectivity index (χ4n) is 2.72. The van der Waals surface area contributed by atoms with Crippen molar-refractivity contribution in [1.29, 1.82) is 0 Å². The zero-order chi connectivity index (χ0) is 20.9. The Morgan fingerprint density at radius 3 is 2.43 bits per heavy atom. The molecule has 30 heavy (non-hydrogen) atoms. The Morgan fingerprint density at radius 2 is 1.70 bits per heavy atom. The molecule has 2 aromatic carbocycles. The van der Waals surface area contributed by atoms with Gasteiger partial charge in [0.25, 0.3) is 0 Å². The molecule has 0 unspecified atom stereocenters. The number of hydrogen-bond acceptors (Lipinski definition) is 4. The first-order valence-electron chi connectivity index (χ1n) is 10.2. The normalized spacial score (nSPS) is 10.5. The third-order valence-electron chi connectivity index (χ3n) is 4.32. The fraction of sp³-hybridized carbons (Fsp3) is 0.478. The first kappa shape index (κ1) is 26.9. The van der Waals surface area contributed by atoms with Gasteiger partial charge in [0.2, 0.25) is 0 Å². The van der Waals surface area contributed by atoms with Crippen LogP contribution in [-0.4, -0.2) is 26.4 Å². The number of halogens is 3. The van der Waals surface area contributed by atoms with E-state index in [-0.39, 0.29) is 12.4 Å². The van der Waals surface area contributed by atoms with Gasteiger partial charge in [-0.05, 0) is 56.1 Å². The van der Waals surface area contributed by atoms with E-state index in [9.17, 15) is 0 Å². The lowest BCUT2D eigenvalue weighted by atomic mass is 10.2. The van der Waals surface area contributed by atoms with Crippen LogP contribution in [0.4, 0.5) is 0 Å². The van der Waals surface area contributed by atoms with E-state index in [1.807, 2.05) is 31.2 Å². The van der Waals surface area contributed by atoms with Gasteiger partial charge in [-0.1, -0.05) is 48.7 Å². The Morgan fingerprint density at radius 1 is 0.900 bits per heavy atom. The predicted molar refractivity (Wildman–Crippen MR) is 128 cm³/mol. The van der Waals surface area contributed by atoms with Gasteiger partial charge in [-0.15, -0.1) is 12.4 Å². The first-order valence-corrected chi connectivity index (χ1v) is 11.0. The Kier molecular flexibility index (Phi) is 14.0. The van der Waals surface area contributed by atoms with Gasteiger partial charge in [0, 0.05) is 35.4 Å². The Balaban J connectivity index is 0.00000450. The maximum absolute atomic E-state index is 6.23. The summed E-state index contributed by atoms with van der Waals surface area (Å²) < 4.78 is 17.3. The van der Waals surface area contributed by atoms with Crippen LogP contribution in [0.25, 0.3) is 0 Å². The van der Waals surface area contributed by atoms with Crippen molar-refractivity contribution in [2.75, 3.05) is 26.4 Å². The van der Waals surface area contributed by atoms with Crippen LogP contribution < -0.4 is 14.8 Å². The molecule has 0 aliphatic heterocycles. The van der Waals surface area contributed by atoms with Gasteiger partial charge >= 0.3 is 0 Å². The Bertz CT molecular complexity index is 744. The van der Waals surface area contributed by atoms with Crippen molar-refractivity contribution in [3.63, 3.8) is 0 Å². The zero-order valence-corrected chi connectivity index (χ0v) is 20.0. The second-order valence-corrected chi connectivity index (χ2v) is 7.58. The van der Waals surface area contributed by atoms with Gasteiger partial charge in [-0.3, -0.25) is 0 Å². The van der Waals surface area contributed by atoms with Crippen molar-refractivity contribution in [1.82, 2.24) is 5.32 Å². The second kappa shape index (κ2) is 15.6. The van der Waals surface area contributed by atoms with E-state index in [0.717, 1.165) is 56.0 Å². The molecule has 0 aliphatic rings. The summed E-state index contributed by atoms with van der Waals surface area (Å²) in [5.74, 6) is 1.44. The molecule has 1 N–H and O–H groups in total. The molecular formula is C23H32Cl3NO3. The molecule has 0 aliphatic carbocycles. The number of hydrogen-bond donors (Lipinski definition) is 1. The zero-order valence-electron chi connectivity index (χ0n) is 17.7. The molecule has 0 heterocycles. The quantitative estimate of drug-likeness (QED) is 0.308. The van der Waals surface area contributed by atoms with Crippen LogP contribution in [0.1, 0.15) is 44.2 Å². The SMILES string of the molecule is CCCCOCCCNCc1ccc(OCc2ccc(Cl)cc2Cl)c(OCC)c1.Cl. The van der Waals surface area contributed by atoms with Crippen molar-refractivity contribution >= 4 is 35.6 Å². The van der Waals surface area contributed by atoms with Crippen molar-refractivity contribution < 1.29 is 14.2 Å². The van der Waals surface area contributed by atoms with Crippen LogP contribution in [0.15, 0.2) is 36.4 Å². The number of ether oxygens (including phenoxy) is 3. The van der Waals surface area contributed by atoms with E-state index in [1.54, 1.807) is 12.1 Å². The highest BCUT2D eigenvalue weighted by atomic mass is 35.5. The number of rotatable bonds is 14. The molecule has 0 saturated carbocycles. The van der Waals surface area contributed by atoms with E-state index in [1.165, 1.54) is 6.42 Å². The Hall–Kier alpha value is -1.17. The fourth-order valence-corrected chi connectivity index (χ4v) is 3.19. The van der Waals surface area contributed by atoms with Crippen molar-refractivity contribution in [2.45, 2.75) is 46.3 Å². The minimum absolute atomic E-state index is 0. The topological polar surface area (TPSA) is 39.7 Å². The largest absolute Gasteiger partial charge is 0.490 e. The van der Waals surface area contributed by atoms with Crippen LogP contribution in [-0.2, 0) is 17.9 Å². The molecule has 168 valence electrons. The van der Waals surface area contributed by atoms with Gasteiger partial charge in [0.1, 0.15) is 6.61 Å².